The lowest BCUT2D eigenvalue weighted by atomic mass is 10.1. The van der Waals surface area contributed by atoms with Crippen molar-refractivity contribution in [1.29, 1.82) is 0 Å². The van der Waals surface area contributed by atoms with Crippen molar-refractivity contribution < 1.29 is 14.3 Å². The highest BCUT2D eigenvalue weighted by atomic mass is 16.5. The Hall–Kier alpha value is -2.24. The normalized spacial score (nSPS) is 21.7. The maximum absolute atomic E-state index is 12.3. The van der Waals surface area contributed by atoms with Crippen molar-refractivity contribution in [3.05, 3.63) is 29.3 Å². The SMILES string of the molecule is Cc1ccc(C)c(OC2CCN(C(=O)[C@H]3CNC(=O)N3)CC2)c1. The molecule has 2 N–H and O–H groups in total. The molecule has 3 amide bonds. The molecule has 0 spiro atoms. The first-order valence-electron chi connectivity index (χ1n) is 8.10. The van der Waals surface area contributed by atoms with E-state index in [9.17, 15) is 9.59 Å². The minimum absolute atomic E-state index is 0.00599. The van der Waals surface area contributed by atoms with Crippen molar-refractivity contribution in [3.63, 3.8) is 0 Å². The number of carbonyl (C=O) groups is 2. The quantitative estimate of drug-likeness (QED) is 0.884. The van der Waals surface area contributed by atoms with Gasteiger partial charge >= 0.3 is 6.03 Å². The zero-order valence-electron chi connectivity index (χ0n) is 13.6. The van der Waals surface area contributed by atoms with E-state index in [0.29, 0.717) is 19.6 Å². The van der Waals surface area contributed by atoms with E-state index in [-0.39, 0.29) is 18.0 Å². The molecule has 1 aromatic carbocycles. The van der Waals surface area contributed by atoms with Crippen molar-refractivity contribution >= 4 is 11.9 Å². The molecule has 2 heterocycles. The van der Waals surface area contributed by atoms with Gasteiger partial charge in [0, 0.05) is 32.5 Å². The number of benzene rings is 1. The molecule has 3 rings (SSSR count). The number of aryl methyl sites for hydroxylation is 2. The Labute approximate surface area is 136 Å². The molecule has 2 aliphatic heterocycles. The molecule has 0 aromatic heterocycles. The van der Waals surface area contributed by atoms with Gasteiger partial charge in [-0.15, -0.1) is 0 Å². The highest BCUT2D eigenvalue weighted by Crippen LogP contribution is 2.24. The second-order valence-electron chi connectivity index (χ2n) is 6.32. The van der Waals surface area contributed by atoms with Crippen molar-refractivity contribution in [2.45, 2.75) is 38.8 Å². The maximum Gasteiger partial charge on any atom is 0.315 e. The van der Waals surface area contributed by atoms with Crippen LogP contribution < -0.4 is 15.4 Å². The molecule has 2 saturated heterocycles. The lowest BCUT2D eigenvalue weighted by Crippen LogP contribution is -2.49. The molecule has 0 saturated carbocycles. The first-order valence-corrected chi connectivity index (χ1v) is 8.10. The summed E-state index contributed by atoms with van der Waals surface area (Å²) in [5.41, 5.74) is 2.32. The highest BCUT2D eigenvalue weighted by molar-refractivity contribution is 5.90. The van der Waals surface area contributed by atoms with Gasteiger partial charge < -0.3 is 20.3 Å². The van der Waals surface area contributed by atoms with E-state index < -0.39 is 6.04 Å². The fourth-order valence-corrected chi connectivity index (χ4v) is 3.03. The van der Waals surface area contributed by atoms with Crippen LogP contribution >= 0.6 is 0 Å². The molecule has 6 nitrogen and oxygen atoms in total. The number of ether oxygens (including phenoxy) is 1. The Morgan fingerprint density at radius 1 is 1.26 bits per heavy atom. The van der Waals surface area contributed by atoms with Crippen LogP contribution in [0.15, 0.2) is 18.2 Å². The van der Waals surface area contributed by atoms with Gasteiger partial charge in [-0.2, -0.15) is 0 Å². The summed E-state index contributed by atoms with van der Waals surface area (Å²) in [5.74, 6) is 0.926. The maximum atomic E-state index is 12.3. The molecule has 2 fully saturated rings. The number of hydrogen-bond donors (Lipinski definition) is 2. The average molecular weight is 317 g/mol. The Balaban J connectivity index is 1.53. The molecule has 1 atom stereocenters. The molecule has 2 aliphatic rings. The lowest BCUT2D eigenvalue weighted by Gasteiger charge is -2.33. The Kier molecular flexibility index (Phi) is 4.41. The van der Waals surface area contributed by atoms with Gasteiger partial charge in [-0.3, -0.25) is 4.79 Å². The molecular weight excluding hydrogens is 294 g/mol. The molecule has 23 heavy (non-hydrogen) atoms. The van der Waals surface area contributed by atoms with Crippen LogP contribution in [-0.4, -0.2) is 48.6 Å². The predicted octanol–water partition coefficient (Wildman–Crippen LogP) is 1.35. The molecule has 0 aliphatic carbocycles. The van der Waals surface area contributed by atoms with E-state index in [0.717, 1.165) is 24.2 Å². The smallest absolute Gasteiger partial charge is 0.315 e. The first-order chi connectivity index (χ1) is 11.0. The van der Waals surface area contributed by atoms with Gasteiger partial charge in [0.1, 0.15) is 17.9 Å². The molecule has 0 bridgehead atoms. The first kappa shape index (κ1) is 15.6. The average Bonchev–Trinajstić information content (AvgIpc) is 2.97. The summed E-state index contributed by atoms with van der Waals surface area (Å²) in [6.07, 6.45) is 1.76. The van der Waals surface area contributed by atoms with Gasteiger partial charge in [-0.05, 0) is 31.0 Å². The van der Waals surface area contributed by atoms with Gasteiger partial charge in [-0.1, -0.05) is 12.1 Å². The van der Waals surface area contributed by atoms with E-state index in [1.54, 1.807) is 0 Å². The van der Waals surface area contributed by atoms with Crippen molar-refractivity contribution in [3.8, 4) is 5.75 Å². The number of hydrogen-bond acceptors (Lipinski definition) is 3. The second kappa shape index (κ2) is 6.48. The van der Waals surface area contributed by atoms with E-state index in [4.69, 9.17) is 4.74 Å². The third kappa shape index (κ3) is 3.57. The van der Waals surface area contributed by atoms with Crippen LogP contribution in [0.1, 0.15) is 24.0 Å². The molecule has 1 aromatic rings. The number of rotatable bonds is 3. The number of likely N-dealkylation sites (tertiary alicyclic amines) is 1. The summed E-state index contributed by atoms with van der Waals surface area (Å²) in [6, 6.07) is 5.51. The molecular formula is C17H23N3O3. The molecule has 6 heteroatoms. The number of nitrogens with one attached hydrogen (secondary N) is 2. The minimum Gasteiger partial charge on any atom is -0.490 e. The van der Waals surface area contributed by atoms with Crippen LogP contribution in [0.4, 0.5) is 4.79 Å². The van der Waals surface area contributed by atoms with Crippen LogP contribution in [0, 0.1) is 13.8 Å². The summed E-state index contributed by atoms with van der Waals surface area (Å²) >= 11 is 0. The largest absolute Gasteiger partial charge is 0.490 e. The Morgan fingerprint density at radius 3 is 2.65 bits per heavy atom. The van der Waals surface area contributed by atoms with Crippen LogP contribution in [0.5, 0.6) is 5.75 Å². The van der Waals surface area contributed by atoms with Gasteiger partial charge in [-0.25, -0.2) is 4.79 Å². The number of urea groups is 1. The number of piperidine rings is 1. The zero-order chi connectivity index (χ0) is 16.4. The lowest BCUT2D eigenvalue weighted by molar-refractivity contribution is -0.134. The third-order valence-electron chi connectivity index (χ3n) is 4.46. The summed E-state index contributed by atoms with van der Waals surface area (Å²) in [7, 11) is 0. The fraction of sp³-hybridized carbons (Fsp3) is 0.529. The van der Waals surface area contributed by atoms with E-state index in [1.165, 1.54) is 5.56 Å². The van der Waals surface area contributed by atoms with Gasteiger partial charge in [0.15, 0.2) is 0 Å². The monoisotopic (exact) mass is 317 g/mol. The molecule has 124 valence electrons. The number of carbonyl (C=O) groups excluding carboxylic acids is 2. The second-order valence-corrected chi connectivity index (χ2v) is 6.32. The minimum atomic E-state index is -0.431. The summed E-state index contributed by atoms with van der Waals surface area (Å²) < 4.78 is 6.12. The fourth-order valence-electron chi connectivity index (χ4n) is 3.03. The Bertz CT molecular complexity index is 609. The van der Waals surface area contributed by atoms with Gasteiger partial charge in [0.25, 0.3) is 0 Å². The highest BCUT2D eigenvalue weighted by Gasteiger charge is 2.32. The van der Waals surface area contributed by atoms with Crippen LogP contribution in [0.2, 0.25) is 0 Å². The number of amides is 3. The standard InChI is InChI=1S/C17H23N3O3/c1-11-3-4-12(2)15(9-11)23-13-5-7-20(8-6-13)16(21)14-10-18-17(22)19-14/h3-4,9,13-14H,5-8,10H2,1-2H3,(H2,18,19,22)/t14-/m1/s1. The van der Waals surface area contributed by atoms with Crippen molar-refractivity contribution in [2.75, 3.05) is 19.6 Å². The topological polar surface area (TPSA) is 70.7 Å². The van der Waals surface area contributed by atoms with Crippen LogP contribution in [-0.2, 0) is 4.79 Å². The van der Waals surface area contributed by atoms with E-state index >= 15 is 0 Å². The summed E-state index contributed by atoms with van der Waals surface area (Å²) in [4.78, 5) is 25.3. The molecule has 0 unspecified atom stereocenters. The van der Waals surface area contributed by atoms with Crippen molar-refractivity contribution in [1.82, 2.24) is 15.5 Å². The molecule has 0 radical (unpaired) electrons. The van der Waals surface area contributed by atoms with Crippen LogP contribution in [0.25, 0.3) is 0 Å². The number of nitrogens with zero attached hydrogens (tertiary/aromatic N) is 1. The van der Waals surface area contributed by atoms with Crippen molar-refractivity contribution in [2.24, 2.45) is 0 Å². The third-order valence-corrected chi connectivity index (χ3v) is 4.46. The van der Waals surface area contributed by atoms with E-state index in [1.807, 2.05) is 11.8 Å². The summed E-state index contributed by atoms with van der Waals surface area (Å²) in [5, 5.41) is 5.26. The summed E-state index contributed by atoms with van der Waals surface area (Å²) in [6.45, 7) is 5.80. The van der Waals surface area contributed by atoms with Gasteiger partial charge in [0.2, 0.25) is 5.91 Å². The van der Waals surface area contributed by atoms with Gasteiger partial charge in [0.05, 0.1) is 0 Å². The van der Waals surface area contributed by atoms with Crippen LogP contribution in [0.3, 0.4) is 0 Å². The Morgan fingerprint density at radius 2 is 2.00 bits per heavy atom. The zero-order valence-corrected chi connectivity index (χ0v) is 13.6. The predicted molar refractivity (Wildman–Crippen MR) is 86.5 cm³/mol. The van der Waals surface area contributed by atoms with E-state index in [2.05, 4.69) is 35.8 Å².